The molecule has 0 saturated carbocycles. The van der Waals surface area contributed by atoms with Gasteiger partial charge in [0.05, 0.1) is 22.4 Å². The van der Waals surface area contributed by atoms with Crippen molar-refractivity contribution in [3.05, 3.63) is 23.8 Å². The summed E-state index contributed by atoms with van der Waals surface area (Å²) in [5.41, 5.74) is 2.37. The minimum atomic E-state index is -3.24. The van der Waals surface area contributed by atoms with Crippen molar-refractivity contribution in [2.45, 2.75) is 32.6 Å². The molecule has 3 heterocycles. The number of para-hydroxylation sites is 1. The molecule has 1 unspecified atom stereocenters. The van der Waals surface area contributed by atoms with Crippen LogP contribution in [0.3, 0.4) is 0 Å². The van der Waals surface area contributed by atoms with Crippen LogP contribution in [-0.4, -0.2) is 74.0 Å². The Morgan fingerprint density at radius 3 is 2.57 bits per heavy atom. The van der Waals surface area contributed by atoms with Crippen molar-refractivity contribution >= 4 is 42.6 Å². The first-order valence-corrected chi connectivity index (χ1v) is 13.3. The number of anilines is 1. The maximum absolute atomic E-state index is 13.0. The number of piperazine rings is 1. The highest BCUT2D eigenvalue weighted by molar-refractivity contribution is 7.88. The summed E-state index contributed by atoms with van der Waals surface area (Å²) in [6.45, 7) is 8.03. The summed E-state index contributed by atoms with van der Waals surface area (Å²) in [6.07, 6.45) is 2.73. The first-order valence-electron chi connectivity index (χ1n) is 10.6. The molecule has 2 aliphatic rings. The quantitative estimate of drug-likeness (QED) is 0.716. The molecule has 1 amide bonds. The van der Waals surface area contributed by atoms with E-state index in [0.29, 0.717) is 32.1 Å². The highest BCUT2D eigenvalue weighted by Crippen LogP contribution is 2.34. The zero-order chi connectivity index (χ0) is 21.5. The molecule has 0 N–H and O–H groups in total. The highest BCUT2D eigenvalue weighted by atomic mass is 32.2. The van der Waals surface area contributed by atoms with Crippen molar-refractivity contribution in [2.75, 3.05) is 50.4 Å². The van der Waals surface area contributed by atoms with Crippen molar-refractivity contribution in [2.24, 2.45) is 5.92 Å². The molecular weight excluding hydrogens is 420 g/mol. The number of thiazole rings is 1. The SMILES string of the molecule is CC(C)c1cccc2sc(N3CCN(C(=O)C4CCCN(S(C)(=O)=O)C4)CC3)nc12. The van der Waals surface area contributed by atoms with Crippen molar-refractivity contribution in [1.29, 1.82) is 0 Å². The summed E-state index contributed by atoms with van der Waals surface area (Å²) in [7, 11) is -3.24. The molecule has 2 aromatic rings. The van der Waals surface area contributed by atoms with Gasteiger partial charge < -0.3 is 9.80 Å². The number of hydrogen-bond donors (Lipinski definition) is 0. The van der Waals surface area contributed by atoms with Crippen LogP contribution in [0, 0.1) is 5.92 Å². The maximum Gasteiger partial charge on any atom is 0.227 e. The number of rotatable bonds is 4. The van der Waals surface area contributed by atoms with Crippen molar-refractivity contribution in [3.8, 4) is 0 Å². The predicted octanol–water partition coefficient (Wildman–Crippen LogP) is 2.74. The molecule has 9 heteroatoms. The fourth-order valence-electron chi connectivity index (χ4n) is 4.38. The number of piperidine rings is 1. The highest BCUT2D eigenvalue weighted by Gasteiger charge is 2.34. The maximum atomic E-state index is 13.0. The molecule has 4 rings (SSSR count). The summed E-state index contributed by atoms with van der Waals surface area (Å²) in [5, 5.41) is 1.02. The summed E-state index contributed by atoms with van der Waals surface area (Å²) in [6, 6.07) is 6.37. The van der Waals surface area contributed by atoms with Crippen LogP contribution in [0.15, 0.2) is 18.2 Å². The summed E-state index contributed by atoms with van der Waals surface area (Å²) < 4.78 is 26.4. The van der Waals surface area contributed by atoms with Crippen molar-refractivity contribution in [1.82, 2.24) is 14.2 Å². The number of carbonyl (C=O) groups excluding carboxylic acids is 1. The van der Waals surface area contributed by atoms with E-state index in [1.54, 1.807) is 11.3 Å². The lowest BCUT2D eigenvalue weighted by molar-refractivity contribution is -0.137. The van der Waals surface area contributed by atoms with Gasteiger partial charge in [0, 0.05) is 39.3 Å². The van der Waals surface area contributed by atoms with E-state index >= 15 is 0 Å². The van der Waals surface area contributed by atoms with E-state index in [1.807, 2.05) is 4.90 Å². The van der Waals surface area contributed by atoms with Gasteiger partial charge in [0.15, 0.2) is 5.13 Å². The predicted molar refractivity (Wildman–Crippen MR) is 122 cm³/mol. The second kappa shape index (κ2) is 8.43. The Hall–Kier alpha value is -1.71. The molecule has 2 fully saturated rings. The number of fused-ring (bicyclic) bond motifs is 1. The lowest BCUT2D eigenvalue weighted by Gasteiger charge is -2.38. The third-order valence-corrected chi connectivity index (χ3v) is 8.48. The molecule has 0 spiro atoms. The van der Waals surface area contributed by atoms with Crippen LogP contribution < -0.4 is 4.90 Å². The fraction of sp³-hybridized carbons (Fsp3) is 0.619. The molecule has 30 heavy (non-hydrogen) atoms. The Balaban J connectivity index is 1.41. The standard InChI is InChI=1S/C21H30N4O3S2/c1-15(2)17-7-4-8-18-19(17)22-21(29-18)24-12-10-23(11-13-24)20(26)16-6-5-9-25(14-16)30(3,27)28/h4,7-8,15-16H,5-6,9-14H2,1-3H3. The largest absolute Gasteiger partial charge is 0.345 e. The second-order valence-electron chi connectivity index (χ2n) is 8.62. The van der Waals surface area contributed by atoms with Gasteiger partial charge in [0.25, 0.3) is 0 Å². The Bertz CT molecular complexity index is 1030. The molecule has 0 radical (unpaired) electrons. The van der Waals surface area contributed by atoms with E-state index in [4.69, 9.17) is 4.98 Å². The normalized spacial score (nSPS) is 21.5. The fourth-order valence-corrected chi connectivity index (χ4v) is 6.34. The summed E-state index contributed by atoms with van der Waals surface area (Å²) >= 11 is 1.71. The van der Waals surface area contributed by atoms with Gasteiger partial charge >= 0.3 is 0 Å². The van der Waals surface area contributed by atoms with Gasteiger partial charge in [-0.1, -0.05) is 37.3 Å². The molecular formula is C21H30N4O3S2. The lowest BCUT2D eigenvalue weighted by atomic mass is 9.98. The third kappa shape index (κ3) is 4.33. The van der Waals surface area contributed by atoms with Crippen LogP contribution in [0.1, 0.15) is 38.2 Å². The van der Waals surface area contributed by atoms with E-state index < -0.39 is 10.0 Å². The molecule has 0 aliphatic carbocycles. The van der Waals surface area contributed by atoms with E-state index in [1.165, 1.54) is 20.8 Å². The van der Waals surface area contributed by atoms with Crippen LogP contribution in [0.2, 0.25) is 0 Å². The molecule has 2 aliphatic heterocycles. The summed E-state index contributed by atoms with van der Waals surface area (Å²) in [5.74, 6) is 0.297. The van der Waals surface area contributed by atoms with Gasteiger partial charge in [0.2, 0.25) is 15.9 Å². The van der Waals surface area contributed by atoms with Crippen LogP contribution in [0.5, 0.6) is 0 Å². The molecule has 1 aromatic carbocycles. The van der Waals surface area contributed by atoms with Gasteiger partial charge in [-0.05, 0) is 30.4 Å². The van der Waals surface area contributed by atoms with Crippen LogP contribution >= 0.6 is 11.3 Å². The van der Waals surface area contributed by atoms with Gasteiger partial charge in [0.1, 0.15) is 0 Å². The van der Waals surface area contributed by atoms with E-state index in [-0.39, 0.29) is 11.8 Å². The van der Waals surface area contributed by atoms with Gasteiger partial charge in [-0.3, -0.25) is 4.79 Å². The van der Waals surface area contributed by atoms with Crippen molar-refractivity contribution in [3.63, 3.8) is 0 Å². The average Bonchev–Trinajstić information content (AvgIpc) is 3.17. The number of nitrogens with zero attached hydrogens (tertiary/aromatic N) is 4. The topological polar surface area (TPSA) is 73.8 Å². The molecule has 7 nitrogen and oxygen atoms in total. The summed E-state index contributed by atoms with van der Waals surface area (Å²) in [4.78, 5) is 22.1. The first kappa shape index (κ1) is 21.5. The van der Waals surface area contributed by atoms with E-state index in [2.05, 4.69) is 36.9 Å². The number of sulfonamides is 1. The third-order valence-electron chi connectivity index (χ3n) is 6.13. The van der Waals surface area contributed by atoms with E-state index in [0.717, 1.165) is 36.6 Å². The van der Waals surface area contributed by atoms with Crippen LogP contribution in [0.25, 0.3) is 10.2 Å². The Labute approximate surface area is 182 Å². The molecule has 1 aromatic heterocycles. The lowest BCUT2D eigenvalue weighted by Crippen LogP contribution is -2.53. The molecule has 1 atom stereocenters. The minimum absolute atomic E-state index is 0.0920. The number of hydrogen-bond acceptors (Lipinski definition) is 6. The Morgan fingerprint density at radius 2 is 1.90 bits per heavy atom. The van der Waals surface area contributed by atoms with Crippen molar-refractivity contribution < 1.29 is 13.2 Å². The smallest absolute Gasteiger partial charge is 0.227 e. The number of benzene rings is 1. The Morgan fingerprint density at radius 1 is 1.17 bits per heavy atom. The minimum Gasteiger partial charge on any atom is -0.345 e. The monoisotopic (exact) mass is 450 g/mol. The van der Waals surface area contributed by atoms with Gasteiger partial charge in [-0.15, -0.1) is 0 Å². The zero-order valence-corrected chi connectivity index (χ0v) is 19.5. The van der Waals surface area contributed by atoms with Crippen LogP contribution in [0.4, 0.5) is 5.13 Å². The van der Waals surface area contributed by atoms with Gasteiger partial charge in [-0.2, -0.15) is 0 Å². The molecule has 164 valence electrons. The molecule has 0 bridgehead atoms. The van der Waals surface area contributed by atoms with Crippen LogP contribution in [-0.2, 0) is 14.8 Å². The zero-order valence-electron chi connectivity index (χ0n) is 17.9. The number of amides is 1. The first-order chi connectivity index (χ1) is 14.2. The Kier molecular flexibility index (Phi) is 6.05. The second-order valence-corrected chi connectivity index (χ2v) is 11.6. The van der Waals surface area contributed by atoms with Gasteiger partial charge in [-0.25, -0.2) is 17.7 Å². The number of carbonyl (C=O) groups is 1. The van der Waals surface area contributed by atoms with E-state index in [9.17, 15) is 13.2 Å². The number of aromatic nitrogens is 1. The molecule has 2 saturated heterocycles. The average molecular weight is 451 g/mol.